The molecule has 1 aliphatic heterocycles. The number of fused-ring (bicyclic) bond motifs is 1. The van der Waals surface area contributed by atoms with Crippen LogP contribution in [0.15, 0.2) is 18.2 Å². The summed E-state index contributed by atoms with van der Waals surface area (Å²) in [4.78, 5) is 22.9. The minimum absolute atomic E-state index is 0.0864. The predicted octanol–water partition coefficient (Wildman–Crippen LogP) is 1.76. The Hall–Kier alpha value is -2.68. The number of carbonyl (C=O) groups excluding carboxylic acids is 2. The van der Waals surface area contributed by atoms with Gasteiger partial charge in [0.05, 0.1) is 17.6 Å². The molecule has 0 radical (unpaired) electrons. The van der Waals surface area contributed by atoms with E-state index in [2.05, 4.69) is 15.5 Å². The Morgan fingerprint density at radius 3 is 2.92 bits per heavy atom. The van der Waals surface area contributed by atoms with E-state index in [1.54, 1.807) is 6.07 Å². The van der Waals surface area contributed by atoms with E-state index in [-0.39, 0.29) is 17.8 Å². The lowest BCUT2D eigenvalue weighted by Gasteiger charge is -2.18. The molecule has 2 aromatic rings. The van der Waals surface area contributed by atoms with Crippen LogP contribution in [-0.4, -0.2) is 41.0 Å². The minimum atomic E-state index is -0.556. The molecule has 8 nitrogen and oxygen atoms in total. The number of nitrogens with two attached hydrogens (primary N) is 1. The summed E-state index contributed by atoms with van der Waals surface area (Å²) < 4.78 is 11.1. The van der Waals surface area contributed by atoms with E-state index in [1.165, 1.54) is 11.8 Å². The van der Waals surface area contributed by atoms with Gasteiger partial charge in [0.25, 0.3) is 5.91 Å². The Morgan fingerprint density at radius 1 is 1.38 bits per heavy atom. The maximum absolute atomic E-state index is 11.9. The molecule has 0 bridgehead atoms. The van der Waals surface area contributed by atoms with Crippen molar-refractivity contribution in [1.82, 2.24) is 10.2 Å². The fraction of sp³-hybridized carbons (Fsp3) is 0.353. The highest BCUT2D eigenvalue weighted by Gasteiger charge is 2.28. The second-order valence-electron chi connectivity index (χ2n) is 5.74. The fourth-order valence-electron chi connectivity index (χ4n) is 2.75. The summed E-state index contributed by atoms with van der Waals surface area (Å²) in [7, 11) is 0. The van der Waals surface area contributed by atoms with Crippen molar-refractivity contribution in [2.24, 2.45) is 5.73 Å². The lowest BCUT2D eigenvalue weighted by atomic mass is 10.0. The standard InChI is InChI=1S/C17H20N4O4S/c1-3-24-12-6-10(4-5-11(12)25-7-13(18)22)16-15-9(2)20-21-17(15)19-14(23)8-26-16/h4-6,16H,3,7-8H2,1-2H3,(H2,18,22)(H2,19,20,21,23)/t16-/m1/s1. The molecule has 1 aromatic heterocycles. The number of nitrogens with one attached hydrogen (secondary N) is 2. The molecule has 0 saturated carbocycles. The molecule has 2 amide bonds. The van der Waals surface area contributed by atoms with Gasteiger partial charge in [-0.2, -0.15) is 5.10 Å². The number of rotatable bonds is 6. The molecule has 1 aromatic carbocycles. The third-order valence-electron chi connectivity index (χ3n) is 3.84. The van der Waals surface area contributed by atoms with E-state index in [9.17, 15) is 9.59 Å². The van der Waals surface area contributed by atoms with Crippen LogP contribution in [0.1, 0.15) is 29.0 Å². The van der Waals surface area contributed by atoms with Crippen molar-refractivity contribution in [2.45, 2.75) is 19.1 Å². The van der Waals surface area contributed by atoms with E-state index in [0.717, 1.165) is 16.8 Å². The molecule has 1 aliphatic rings. The Bertz CT molecular complexity index is 836. The number of carbonyl (C=O) groups is 2. The summed E-state index contributed by atoms with van der Waals surface area (Å²) >= 11 is 1.52. The van der Waals surface area contributed by atoms with E-state index >= 15 is 0 Å². The van der Waals surface area contributed by atoms with Gasteiger partial charge in [0.15, 0.2) is 23.9 Å². The van der Waals surface area contributed by atoms with Crippen molar-refractivity contribution in [3.05, 3.63) is 35.0 Å². The van der Waals surface area contributed by atoms with Crippen molar-refractivity contribution in [3.63, 3.8) is 0 Å². The first-order valence-electron chi connectivity index (χ1n) is 8.13. The monoisotopic (exact) mass is 376 g/mol. The number of ether oxygens (including phenoxy) is 2. The van der Waals surface area contributed by atoms with Gasteiger partial charge in [-0.15, -0.1) is 11.8 Å². The smallest absolute Gasteiger partial charge is 0.255 e. The van der Waals surface area contributed by atoms with Gasteiger partial charge in [-0.3, -0.25) is 14.7 Å². The van der Waals surface area contributed by atoms with E-state index in [4.69, 9.17) is 15.2 Å². The summed E-state index contributed by atoms with van der Waals surface area (Å²) in [5, 5.41) is 9.84. The zero-order chi connectivity index (χ0) is 18.7. The van der Waals surface area contributed by atoms with E-state index < -0.39 is 5.91 Å². The Kier molecular flexibility index (Phi) is 5.36. The van der Waals surface area contributed by atoms with Crippen LogP contribution in [0.5, 0.6) is 11.5 Å². The number of H-pyrrole nitrogens is 1. The third kappa shape index (κ3) is 3.77. The lowest BCUT2D eigenvalue weighted by Crippen LogP contribution is -2.20. The van der Waals surface area contributed by atoms with Crippen molar-refractivity contribution in [2.75, 3.05) is 24.3 Å². The predicted molar refractivity (Wildman–Crippen MR) is 98.6 cm³/mol. The Morgan fingerprint density at radius 2 is 2.19 bits per heavy atom. The molecule has 0 aliphatic carbocycles. The SMILES string of the molecule is CCOc1cc([C@H]2SCC(=O)Nc3n[nH]c(C)c32)ccc1OCC(N)=O. The quantitative estimate of drug-likeness (QED) is 0.707. The fourth-order valence-corrected chi connectivity index (χ4v) is 3.94. The van der Waals surface area contributed by atoms with Gasteiger partial charge in [-0.1, -0.05) is 6.07 Å². The van der Waals surface area contributed by atoms with Crippen LogP contribution in [0, 0.1) is 6.92 Å². The van der Waals surface area contributed by atoms with Gasteiger partial charge in [0.2, 0.25) is 5.91 Å². The van der Waals surface area contributed by atoms with Crippen LogP contribution in [0.25, 0.3) is 0 Å². The van der Waals surface area contributed by atoms with Gasteiger partial charge in [0.1, 0.15) is 0 Å². The molecular weight excluding hydrogens is 356 g/mol. The average Bonchev–Trinajstić information content (AvgIpc) is 2.86. The molecule has 0 unspecified atom stereocenters. The van der Waals surface area contributed by atoms with Crippen LogP contribution in [-0.2, 0) is 9.59 Å². The van der Waals surface area contributed by atoms with Gasteiger partial charge in [0, 0.05) is 11.3 Å². The summed E-state index contributed by atoms with van der Waals surface area (Å²) in [5.41, 5.74) is 7.93. The molecule has 9 heteroatoms. The number of aromatic amines is 1. The number of benzene rings is 1. The molecular formula is C17H20N4O4S. The number of primary amides is 1. The summed E-state index contributed by atoms with van der Waals surface area (Å²) in [6.07, 6.45) is 0. The van der Waals surface area contributed by atoms with Crippen LogP contribution >= 0.6 is 11.8 Å². The maximum Gasteiger partial charge on any atom is 0.255 e. The second kappa shape index (κ2) is 7.69. The number of amides is 2. The number of hydrogen-bond donors (Lipinski definition) is 3. The molecule has 3 rings (SSSR count). The maximum atomic E-state index is 11.9. The van der Waals surface area contributed by atoms with Gasteiger partial charge >= 0.3 is 0 Å². The number of nitrogens with zero attached hydrogens (tertiary/aromatic N) is 1. The zero-order valence-electron chi connectivity index (χ0n) is 14.5. The first kappa shape index (κ1) is 18.1. The number of thioether (sulfide) groups is 1. The minimum Gasteiger partial charge on any atom is -0.490 e. The van der Waals surface area contributed by atoms with Crippen molar-refractivity contribution in [1.29, 1.82) is 0 Å². The van der Waals surface area contributed by atoms with Gasteiger partial charge in [-0.25, -0.2) is 0 Å². The topological polar surface area (TPSA) is 119 Å². The Balaban J connectivity index is 1.98. The molecule has 4 N–H and O–H groups in total. The van der Waals surface area contributed by atoms with E-state index in [1.807, 2.05) is 26.0 Å². The van der Waals surface area contributed by atoms with Crippen molar-refractivity contribution >= 4 is 29.4 Å². The van der Waals surface area contributed by atoms with Crippen LogP contribution < -0.4 is 20.5 Å². The molecule has 1 atom stereocenters. The number of aryl methyl sites for hydroxylation is 1. The van der Waals surface area contributed by atoms with Crippen molar-refractivity contribution in [3.8, 4) is 11.5 Å². The highest BCUT2D eigenvalue weighted by molar-refractivity contribution is 8.00. The van der Waals surface area contributed by atoms with Crippen LogP contribution in [0.3, 0.4) is 0 Å². The molecule has 0 fully saturated rings. The van der Waals surface area contributed by atoms with Gasteiger partial charge < -0.3 is 20.5 Å². The first-order chi connectivity index (χ1) is 12.5. The molecule has 0 saturated heterocycles. The number of hydrogen-bond acceptors (Lipinski definition) is 6. The lowest BCUT2D eigenvalue weighted by molar-refractivity contribution is -0.120. The van der Waals surface area contributed by atoms with Crippen molar-refractivity contribution < 1.29 is 19.1 Å². The first-order valence-corrected chi connectivity index (χ1v) is 9.18. The number of anilines is 1. The second-order valence-corrected chi connectivity index (χ2v) is 6.84. The summed E-state index contributed by atoms with van der Waals surface area (Å²) in [6.45, 7) is 4.02. The Labute approximate surface area is 154 Å². The molecule has 26 heavy (non-hydrogen) atoms. The summed E-state index contributed by atoms with van der Waals surface area (Å²) in [5.74, 6) is 1.21. The largest absolute Gasteiger partial charge is 0.490 e. The molecule has 0 spiro atoms. The number of aromatic nitrogens is 2. The summed E-state index contributed by atoms with van der Waals surface area (Å²) in [6, 6.07) is 5.51. The van der Waals surface area contributed by atoms with Crippen LogP contribution in [0.2, 0.25) is 0 Å². The average molecular weight is 376 g/mol. The third-order valence-corrected chi connectivity index (χ3v) is 5.11. The molecule has 138 valence electrons. The normalized spacial score (nSPS) is 16.4. The van der Waals surface area contributed by atoms with E-state index in [0.29, 0.717) is 29.7 Å². The van der Waals surface area contributed by atoms with Gasteiger partial charge in [-0.05, 0) is 31.5 Å². The highest BCUT2D eigenvalue weighted by Crippen LogP contribution is 2.44. The highest BCUT2D eigenvalue weighted by atomic mass is 32.2. The zero-order valence-corrected chi connectivity index (χ0v) is 15.3. The molecule has 2 heterocycles. The van der Waals surface area contributed by atoms with Crippen LogP contribution in [0.4, 0.5) is 5.82 Å².